The monoisotopic (exact) mass is 387 g/mol. The van der Waals surface area contributed by atoms with Gasteiger partial charge < -0.3 is 4.90 Å². The molecule has 0 aromatic heterocycles. The lowest BCUT2D eigenvalue weighted by Crippen LogP contribution is -2.36. The van der Waals surface area contributed by atoms with E-state index in [1.54, 1.807) is 6.07 Å². The summed E-state index contributed by atoms with van der Waals surface area (Å²) in [7, 11) is 2.23. The van der Waals surface area contributed by atoms with Crippen molar-refractivity contribution in [3.63, 3.8) is 0 Å². The standard InChI is InChI=1S/C14H18IN3O2/c1-16-10-2-3-12(16)9-17(7-6-10)11-4-5-14(18(19)20)13(15)8-11/h4-5,8,10,12H,2-3,6-7,9H2,1H3. The van der Waals surface area contributed by atoms with Gasteiger partial charge in [0.15, 0.2) is 0 Å². The highest BCUT2D eigenvalue weighted by atomic mass is 127. The molecule has 2 atom stereocenters. The molecule has 20 heavy (non-hydrogen) atoms. The Bertz CT molecular complexity index is 537. The smallest absolute Gasteiger partial charge is 0.282 e. The van der Waals surface area contributed by atoms with E-state index in [1.165, 1.54) is 19.3 Å². The molecular formula is C14H18IN3O2. The third kappa shape index (κ3) is 2.50. The van der Waals surface area contributed by atoms with Crippen molar-refractivity contribution in [3.05, 3.63) is 31.9 Å². The lowest BCUT2D eigenvalue weighted by Gasteiger charge is -2.27. The van der Waals surface area contributed by atoms with Gasteiger partial charge in [-0.3, -0.25) is 15.0 Å². The zero-order valence-electron chi connectivity index (χ0n) is 11.5. The SMILES string of the molecule is CN1C2CCC1CN(c1ccc([N+](=O)[O-])c(I)c1)CC2. The summed E-state index contributed by atoms with van der Waals surface area (Å²) in [6.45, 7) is 2.07. The first-order valence-electron chi connectivity index (χ1n) is 6.97. The number of nitro groups is 1. The molecule has 1 aromatic rings. The van der Waals surface area contributed by atoms with Crippen LogP contribution in [-0.4, -0.2) is 42.0 Å². The molecule has 0 radical (unpaired) electrons. The lowest BCUT2D eigenvalue weighted by molar-refractivity contribution is -0.385. The number of nitrogens with zero attached hydrogens (tertiary/aromatic N) is 3. The maximum absolute atomic E-state index is 10.9. The summed E-state index contributed by atoms with van der Waals surface area (Å²) in [4.78, 5) is 15.5. The largest absolute Gasteiger partial charge is 0.370 e. The fraction of sp³-hybridized carbons (Fsp3) is 0.571. The molecule has 0 aliphatic carbocycles. The van der Waals surface area contributed by atoms with Gasteiger partial charge in [-0.2, -0.15) is 0 Å². The molecule has 2 saturated heterocycles. The van der Waals surface area contributed by atoms with Gasteiger partial charge >= 0.3 is 0 Å². The summed E-state index contributed by atoms with van der Waals surface area (Å²) in [5.41, 5.74) is 1.31. The minimum atomic E-state index is -0.316. The van der Waals surface area contributed by atoms with Crippen molar-refractivity contribution in [2.24, 2.45) is 0 Å². The first kappa shape index (κ1) is 14.1. The van der Waals surface area contributed by atoms with Gasteiger partial charge in [-0.1, -0.05) is 0 Å². The van der Waals surface area contributed by atoms with Crippen LogP contribution in [0.15, 0.2) is 18.2 Å². The van der Waals surface area contributed by atoms with E-state index in [2.05, 4.69) is 39.4 Å². The van der Waals surface area contributed by atoms with Gasteiger partial charge in [0, 0.05) is 36.9 Å². The predicted molar refractivity (Wildman–Crippen MR) is 87.2 cm³/mol. The topological polar surface area (TPSA) is 49.6 Å². The van der Waals surface area contributed by atoms with Crippen molar-refractivity contribution in [1.82, 2.24) is 4.90 Å². The maximum atomic E-state index is 10.9. The molecule has 2 fully saturated rings. The second-order valence-electron chi connectivity index (χ2n) is 5.68. The van der Waals surface area contributed by atoms with Crippen LogP contribution in [0.25, 0.3) is 0 Å². The van der Waals surface area contributed by atoms with E-state index in [1.807, 2.05) is 12.1 Å². The summed E-state index contributed by atoms with van der Waals surface area (Å²) in [6.07, 6.45) is 3.76. The molecule has 0 amide bonds. The quantitative estimate of drug-likeness (QED) is 0.445. The Balaban J connectivity index is 1.83. The molecule has 5 nitrogen and oxygen atoms in total. The van der Waals surface area contributed by atoms with Crippen molar-refractivity contribution < 1.29 is 4.92 Å². The molecule has 2 bridgehead atoms. The fourth-order valence-electron chi connectivity index (χ4n) is 3.38. The van der Waals surface area contributed by atoms with Gasteiger partial charge in [0.25, 0.3) is 5.69 Å². The first-order chi connectivity index (χ1) is 9.56. The van der Waals surface area contributed by atoms with E-state index in [9.17, 15) is 10.1 Å². The van der Waals surface area contributed by atoms with E-state index >= 15 is 0 Å². The third-order valence-corrected chi connectivity index (χ3v) is 5.51. The van der Waals surface area contributed by atoms with Crippen LogP contribution in [-0.2, 0) is 0 Å². The minimum Gasteiger partial charge on any atom is -0.370 e. The minimum absolute atomic E-state index is 0.197. The Kier molecular flexibility index (Phi) is 3.85. The summed E-state index contributed by atoms with van der Waals surface area (Å²) in [5.74, 6) is 0. The van der Waals surface area contributed by atoms with Crippen LogP contribution in [0.1, 0.15) is 19.3 Å². The summed E-state index contributed by atoms with van der Waals surface area (Å²) < 4.78 is 0.716. The second-order valence-corrected chi connectivity index (χ2v) is 6.84. The van der Waals surface area contributed by atoms with E-state index in [4.69, 9.17) is 0 Å². The summed E-state index contributed by atoms with van der Waals surface area (Å²) in [5, 5.41) is 10.9. The van der Waals surface area contributed by atoms with Crippen LogP contribution in [0, 0.1) is 13.7 Å². The average Bonchev–Trinajstić information content (AvgIpc) is 2.62. The van der Waals surface area contributed by atoms with Crippen LogP contribution in [0.2, 0.25) is 0 Å². The summed E-state index contributed by atoms with van der Waals surface area (Å²) in [6, 6.07) is 6.79. The van der Waals surface area contributed by atoms with Gasteiger partial charge in [0.1, 0.15) is 0 Å². The van der Waals surface area contributed by atoms with Gasteiger partial charge in [-0.15, -0.1) is 0 Å². The van der Waals surface area contributed by atoms with E-state index < -0.39 is 0 Å². The molecular weight excluding hydrogens is 369 g/mol. The average molecular weight is 387 g/mol. The second kappa shape index (κ2) is 5.48. The van der Waals surface area contributed by atoms with Crippen LogP contribution >= 0.6 is 22.6 Å². The highest BCUT2D eigenvalue weighted by Gasteiger charge is 2.34. The van der Waals surface area contributed by atoms with Gasteiger partial charge in [-0.25, -0.2) is 0 Å². The third-order valence-electron chi connectivity index (χ3n) is 4.64. The molecule has 3 rings (SSSR count). The van der Waals surface area contributed by atoms with Gasteiger partial charge in [-0.05, 0) is 61.0 Å². The summed E-state index contributed by atoms with van der Waals surface area (Å²) >= 11 is 2.06. The normalized spacial score (nSPS) is 26.6. The van der Waals surface area contributed by atoms with E-state index in [-0.39, 0.29) is 10.6 Å². The number of nitro benzene ring substituents is 1. The van der Waals surface area contributed by atoms with Crippen molar-refractivity contribution in [1.29, 1.82) is 0 Å². The lowest BCUT2D eigenvalue weighted by atomic mass is 10.1. The molecule has 2 aliphatic heterocycles. The number of rotatable bonds is 2. The Morgan fingerprint density at radius 3 is 2.75 bits per heavy atom. The molecule has 2 aliphatic rings. The Morgan fingerprint density at radius 1 is 1.30 bits per heavy atom. The van der Waals surface area contributed by atoms with Crippen molar-refractivity contribution >= 4 is 34.0 Å². The Hall–Kier alpha value is -0.890. The van der Waals surface area contributed by atoms with E-state index in [0.717, 1.165) is 18.8 Å². The molecule has 0 saturated carbocycles. The number of fused-ring (bicyclic) bond motifs is 2. The van der Waals surface area contributed by atoms with Crippen LogP contribution < -0.4 is 4.90 Å². The van der Waals surface area contributed by atoms with Gasteiger partial charge in [0.05, 0.1) is 8.49 Å². The zero-order valence-corrected chi connectivity index (χ0v) is 13.6. The van der Waals surface area contributed by atoms with Crippen LogP contribution in [0.3, 0.4) is 0 Å². The van der Waals surface area contributed by atoms with E-state index in [0.29, 0.717) is 15.7 Å². The number of anilines is 1. The van der Waals surface area contributed by atoms with Crippen molar-refractivity contribution in [2.75, 3.05) is 25.0 Å². The number of hydrogen-bond donors (Lipinski definition) is 0. The predicted octanol–water partition coefficient (Wildman–Crippen LogP) is 2.87. The number of benzene rings is 1. The molecule has 0 N–H and O–H groups in total. The number of hydrogen-bond acceptors (Lipinski definition) is 4. The Labute approximate surface area is 132 Å². The number of halogens is 1. The van der Waals surface area contributed by atoms with Gasteiger partial charge in [0.2, 0.25) is 0 Å². The van der Waals surface area contributed by atoms with Crippen LogP contribution in [0.5, 0.6) is 0 Å². The number of likely N-dealkylation sites (N-methyl/N-ethyl adjacent to an activating group) is 1. The first-order valence-corrected chi connectivity index (χ1v) is 8.05. The zero-order chi connectivity index (χ0) is 14.3. The fourth-order valence-corrected chi connectivity index (χ4v) is 4.08. The highest BCUT2D eigenvalue weighted by molar-refractivity contribution is 14.1. The van der Waals surface area contributed by atoms with Crippen molar-refractivity contribution in [2.45, 2.75) is 31.3 Å². The maximum Gasteiger partial charge on any atom is 0.282 e. The molecule has 108 valence electrons. The highest BCUT2D eigenvalue weighted by Crippen LogP contribution is 2.32. The van der Waals surface area contributed by atoms with Crippen LogP contribution in [0.4, 0.5) is 11.4 Å². The molecule has 6 heteroatoms. The molecule has 2 heterocycles. The molecule has 2 unspecified atom stereocenters. The van der Waals surface area contributed by atoms with Crippen molar-refractivity contribution in [3.8, 4) is 0 Å². The molecule has 0 spiro atoms. The Morgan fingerprint density at radius 2 is 2.05 bits per heavy atom. The molecule has 1 aromatic carbocycles.